The van der Waals surface area contributed by atoms with Gasteiger partial charge in [0.25, 0.3) is 0 Å². The van der Waals surface area contributed by atoms with Gasteiger partial charge in [-0.1, -0.05) is 86.7 Å². The summed E-state index contributed by atoms with van der Waals surface area (Å²) in [6.45, 7) is 2.54. The van der Waals surface area contributed by atoms with Crippen molar-refractivity contribution in [3.63, 3.8) is 0 Å². The van der Waals surface area contributed by atoms with Crippen molar-refractivity contribution in [2.24, 2.45) is 0 Å². The fraction of sp³-hybridized carbons (Fsp3) is 0.500. The summed E-state index contributed by atoms with van der Waals surface area (Å²) in [4.78, 5) is 23.4. The predicted molar refractivity (Wildman–Crippen MR) is 110 cm³/mol. The molecular weight excluding hydrogens is 411 g/mol. The van der Waals surface area contributed by atoms with Crippen LogP contribution in [-0.2, 0) is 14.3 Å². The minimum absolute atomic E-state index is 0.0242. The van der Waals surface area contributed by atoms with Crippen LogP contribution in [0.3, 0.4) is 0 Å². The van der Waals surface area contributed by atoms with E-state index in [1.807, 2.05) is 0 Å². The maximum absolute atomic E-state index is 11.8. The number of carbonyl (C=O) groups is 2. The van der Waals surface area contributed by atoms with Crippen LogP contribution in [0.1, 0.15) is 58.3 Å². The summed E-state index contributed by atoms with van der Waals surface area (Å²) in [6, 6.07) is 2.79. The second kappa shape index (κ2) is 13.9. The third-order valence-electron chi connectivity index (χ3n) is 3.77. The first kappa shape index (κ1) is 23.8. The summed E-state index contributed by atoms with van der Waals surface area (Å²) in [7, 11) is 0. The molecule has 0 amide bonds. The van der Waals surface area contributed by atoms with Crippen LogP contribution in [0.15, 0.2) is 24.3 Å². The van der Waals surface area contributed by atoms with E-state index in [9.17, 15) is 9.59 Å². The lowest BCUT2D eigenvalue weighted by molar-refractivity contribution is -0.138. The molecular formula is C20H25Cl3O4. The Hall–Kier alpha value is -1.23. The Kier molecular flexibility index (Phi) is 12.2. The largest absolute Gasteiger partial charge is 0.463 e. The van der Waals surface area contributed by atoms with Crippen LogP contribution < -0.4 is 4.74 Å². The van der Waals surface area contributed by atoms with Crippen LogP contribution >= 0.6 is 34.8 Å². The summed E-state index contributed by atoms with van der Waals surface area (Å²) in [5.74, 6) is -1.35. The topological polar surface area (TPSA) is 52.6 Å². The molecule has 0 bridgehead atoms. The average Bonchev–Trinajstić information content (AvgIpc) is 2.62. The number of hydrogen-bond acceptors (Lipinski definition) is 4. The van der Waals surface area contributed by atoms with Gasteiger partial charge >= 0.3 is 11.9 Å². The van der Waals surface area contributed by atoms with Gasteiger partial charge in [0.15, 0.2) is 5.75 Å². The van der Waals surface area contributed by atoms with E-state index >= 15 is 0 Å². The van der Waals surface area contributed by atoms with Crippen LogP contribution in [0.4, 0.5) is 0 Å². The molecule has 0 saturated heterocycles. The predicted octanol–water partition coefficient (Wildman–Crippen LogP) is 6.79. The van der Waals surface area contributed by atoms with Crippen LogP contribution in [0.5, 0.6) is 5.75 Å². The van der Waals surface area contributed by atoms with Gasteiger partial charge in [0.2, 0.25) is 0 Å². The van der Waals surface area contributed by atoms with Crippen LogP contribution in [-0.4, -0.2) is 18.5 Å². The van der Waals surface area contributed by atoms with Crippen molar-refractivity contribution in [1.82, 2.24) is 0 Å². The Morgan fingerprint density at radius 3 is 2.15 bits per heavy atom. The number of rotatable bonds is 12. The number of ether oxygens (including phenoxy) is 2. The highest BCUT2D eigenvalue weighted by molar-refractivity contribution is 6.44. The van der Waals surface area contributed by atoms with Crippen LogP contribution in [0.25, 0.3) is 0 Å². The van der Waals surface area contributed by atoms with Crippen molar-refractivity contribution in [3.8, 4) is 5.75 Å². The van der Waals surface area contributed by atoms with Gasteiger partial charge < -0.3 is 9.47 Å². The number of esters is 2. The van der Waals surface area contributed by atoms with E-state index in [1.54, 1.807) is 0 Å². The zero-order valence-corrected chi connectivity index (χ0v) is 17.7. The summed E-state index contributed by atoms with van der Waals surface area (Å²) < 4.78 is 10.1. The molecule has 0 saturated carbocycles. The number of carbonyl (C=O) groups excluding carboxylic acids is 2. The number of unbranched alkanes of at least 4 members (excludes halogenated alkanes) is 7. The van der Waals surface area contributed by atoms with Crippen molar-refractivity contribution in [2.45, 2.75) is 58.3 Å². The minimum atomic E-state index is -0.778. The first-order chi connectivity index (χ1) is 12.9. The smallest absolute Gasteiger partial charge is 0.336 e. The van der Waals surface area contributed by atoms with Crippen molar-refractivity contribution in [3.05, 3.63) is 39.4 Å². The van der Waals surface area contributed by atoms with Gasteiger partial charge in [0, 0.05) is 23.2 Å². The Balaban J connectivity index is 2.22. The van der Waals surface area contributed by atoms with E-state index in [0.29, 0.717) is 6.61 Å². The van der Waals surface area contributed by atoms with E-state index in [2.05, 4.69) is 6.92 Å². The fourth-order valence-electron chi connectivity index (χ4n) is 2.34. The maximum atomic E-state index is 11.8. The highest BCUT2D eigenvalue weighted by atomic mass is 35.5. The standard InChI is InChI=1S/C20H25Cl3O4/c1-2-3-4-5-6-7-8-9-12-26-18(24)10-11-19(25)27-17-14-15(21)13-16(22)20(17)23/h10-11,13-14H,2-9,12H2,1H3/b11-10+. The fourth-order valence-corrected chi connectivity index (χ4v) is 2.96. The highest BCUT2D eigenvalue weighted by Gasteiger charge is 2.11. The molecule has 4 nitrogen and oxygen atoms in total. The Morgan fingerprint density at radius 1 is 0.889 bits per heavy atom. The summed E-state index contributed by atoms with van der Waals surface area (Å²) in [5, 5.41) is 0.516. The number of benzene rings is 1. The lowest BCUT2D eigenvalue weighted by Gasteiger charge is -2.06. The van der Waals surface area contributed by atoms with Gasteiger partial charge in [-0.2, -0.15) is 0 Å². The second-order valence-corrected chi connectivity index (χ2v) is 7.32. The molecule has 0 N–H and O–H groups in total. The molecule has 150 valence electrons. The molecule has 0 radical (unpaired) electrons. The van der Waals surface area contributed by atoms with Crippen molar-refractivity contribution >= 4 is 46.7 Å². The third kappa shape index (κ3) is 10.6. The van der Waals surface area contributed by atoms with Gasteiger partial charge in [0.1, 0.15) is 5.02 Å². The molecule has 0 aliphatic rings. The van der Waals surface area contributed by atoms with Gasteiger partial charge in [-0.25, -0.2) is 9.59 Å². The van der Waals surface area contributed by atoms with Crippen molar-refractivity contribution in [2.75, 3.05) is 6.61 Å². The Labute approximate surface area is 175 Å². The first-order valence-electron chi connectivity index (χ1n) is 9.15. The molecule has 0 heterocycles. The molecule has 1 rings (SSSR count). The molecule has 27 heavy (non-hydrogen) atoms. The zero-order chi connectivity index (χ0) is 20.1. The second-order valence-electron chi connectivity index (χ2n) is 6.10. The molecule has 7 heteroatoms. The number of hydrogen-bond donors (Lipinski definition) is 0. The van der Waals surface area contributed by atoms with Crippen molar-refractivity contribution in [1.29, 1.82) is 0 Å². The maximum Gasteiger partial charge on any atom is 0.336 e. The van der Waals surface area contributed by atoms with Gasteiger partial charge in [-0.05, 0) is 12.5 Å². The first-order valence-corrected chi connectivity index (χ1v) is 10.3. The summed E-state index contributed by atoms with van der Waals surface area (Å²) in [6.07, 6.45) is 11.3. The van der Waals surface area contributed by atoms with E-state index in [1.165, 1.54) is 44.2 Å². The average molecular weight is 436 g/mol. The quantitative estimate of drug-likeness (QED) is 0.119. The Bertz CT molecular complexity index is 644. The lowest BCUT2D eigenvalue weighted by Crippen LogP contribution is -2.07. The highest BCUT2D eigenvalue weighted by Crippen LogP contribution is 2.35. The van der Waals surface area contributed by atoms with Crippen LogP contribution in [0.2, 0.25) is 15.1 Å². The molecule has 0 fully saturated rings. The third-order valence-corrected chi connectivity index (χ3v) is 4.77. The molecule has 1 aromatic carbocycles. The molecule has 0 aliphatic heterocycles. The van der Waals surface area contributed by atoms with Gasteiger partial charge in [-0.15, -0.1) is 0 Å². The van der Waals surface area contributed by atoms with E-state index in [-0.39, 0.29) is 20.8 Å². The lowest BCUT2D eigenvalue weighted by atomic mass is 10.1. The Morgan fingerprint density at radius 2 is 1.48 bits per heavy atom. The molecule has 0 aliphatic carbocycles. The number of halogens is 3. The van der Waals surface area contributed by atoms with Gasteiger partial charge in [0.05, 0.1) is 11.6 Å². The molecule has 0 aromatic heterocycles. The molecule has 0 unspecified atom stereocenters. The molecule has 1 aromatic rings. The van der Waals surface area contributed by atoms with E-state index < -0.39 is 11.9 Å². The van der Waals surface area contributed by atoms with E-state index in [0.717, 1.165) is 31.4 Å². The van der Waals surface area contributed by atoms with E-state index in [4.69, 9.17) is 44.3 Å². The molecule has 0 spiro atoms. The SMILES string of the molecule is CCCCCCCCCCOC(=O)/C=C/C(=O)Oc1cc(Cl)cc(Cl)c1Cl. The zero-order valence-electron chi connectivity index (χ0n) is 15.4. The molecule has 0 atom stereocenters. The van der Waals surface area contributed by atoms with Crippen LogP contribution in [0, 0.1) is 0 Å². The monoisotopic (exact) mass is 434 g/mol. The minimum Gasteiger partial charge on any atom is -0.463 e. The summed E-state index contributed by atoms with van der Waals surface area (Å²) >= 11 is 17.6. The van der Waals surface area contributed by atoms with Gasteiger partial charge in [-0.3, -0.25) is 0 Å². The normalized spacial score (nSPS) is 11.0. The summed E-state index contributed by atoms with van der Waals surface area (Å²) in [5.41, 5.74) is 0. The van der Waals surface area contributed by atoms with Crippen molar-refractivity contribution < 1.29 is 19.1 Å².